The molecule has 1 heterocycles. The van der Waals surface area contributed by atoms with Crippen molar-refractivity contribution in [3.63, 3.8) is 0 Å². The van der Waals surface area contributed by atoms with Crippen LogP contribution in [-0.4, -0.2) is 30.6 Å². The van der Waals surface area contributed by atoms with Crippen LogP contribution in [0.3, 0.4) is 0 Å². The fraction of sp³-hybridized carbons (Fsp3) is 0.550. The smallest absolute Gasteiger partial charge is 0.224 e. The summed E-state index contributed by atoms with van der Waals surface area (Å²) in [5, 5.41) is 3.06. The van der Waals surface area contributed by atoms with Gasteiger partial charge in [-0.3, -0.25) is 9.69 Å². The Hall–Kier alpha value is -1.65. The number of nitrogens with one attached hydrogen (secondary N) is 1. The molecule has 4 heteroatoms. The van der Waals surface area contributed by atoms with Gasteiger partial charge in [-0.15, -0.1) is 0 Å². The lowest BCUT2D eigenvalue weighted by Crippen LogP contribution is -2.19. The number of fused-ring (bicyclic) bond motifs is 1. The molecule has 1 aromatic carbocycles. The molecule has 0 aromatic heterocycles. The van der Waals surface area contributed by atoms with E-state index in [0.717, 1.165) is 57.8 Å². The first-order valence-corrected chi connectivity index (χ1v) is 9.13. The van der Waals surface area contributed by atoms with Crippen LogP contribution in [0.1, 0.15) is 43.7 Å². The standard InChI is InChI=1S/C20H28N2O2/c1-2-24-11-5-10-22-14-17-8-9-19(13-18(17)15-22)21-20(23)12-16-6-3-4-7-16/h3,6,8-9,13,16H,2,4-5,7,10-12,14-15H2,1H3,(H,21,23)/t16-/m1/s1. The molecule has 0 spiro atoms. The largest absolute Gasteiger partial charge is 0.382 e. The van der Waals surface area contributed by atoms with Crippen LogP contribution < -0.4 is 5.32 Å². The SMILES string of the molecule is CCOCCCN1Cc2ccc(NC(=O)C[C@@H]3C=CCC3)cc2C1. The molecule has 4 nitrogen and oxygen atoms in total. The Bertz CT molecular complexity index is 597. The van der Waals surface area contributed by atoms with Gasteiger partial charge in [0.2, 0.25) is 5.91 Å². The maximum Gasteiger partial charge on any atom is 0.224 e. The predicted molar refractivity (Wildman–Crippen MR) is 96.8 cm³/mol. The molecule has 0 saturated carbocycles. The number of hydrogen-bond donors (Lipinski definition) is 1. The number of benzene rings is 1. The summed E-state index contributed by atoms with van der Waals surface area (Å²) in [4.78, 5) is 14.6. The second-order valence-electron chi connectivity index (χ2n) is 6.76. The Balaban J connectivity index is 1.48. The number of ether oxygens (including phenoxy) is 1. The quantitative estimate of drug-likeness (QED) is 0.584. The minimum atomic E-state index is 0.123. The number of carbonyl (C=O) groups excluding carboxylic acids is 1. The molecule has 130 valence electrons. The highest BCUT2D eigenvalue weighted by molar-refractivity contribution is 5.91. The predicted octanol–water partition coefficient (Wildman–Crippen LogP) is 3.72. The third-order valence-electron chi connectivity index (χ3n) is 4.81. The van der Waals surface area contributed by atoms with Crippen molar-refractivity contribution in [3.05, 3.63) is 41.5 Å². The van der Waals surface area contributed by atoms with Gasteiger partial charge < -0.3 is 10.1 Å². The van der Waals surface area contributed by atoms with Crippen LogP contribution in [0.2, 0.25) is 0 Å². The number of anilines is 1. The molecule has 1 atom stereocenters. The first kappa shape index (κ1) is 17.2. The molecule has 0 saturated heterocycles. The molecule has 0 fully saturated rings. The minimum Gasteiger partial charge on any atom is -0.382 e. The van der Waals surface area contributed by atoms with E-state index in [-0.39, 0.29) is 5.91 Å². The lowest BCUT2D eigenvalue weighted by atomic mass is 10.0. The number of nitrogens with zero attached hydrogens (tertiary/aromatic N) is 1. The van der Waals surface area contributed by atoms with E-state index in [4.69, 9.17) is 4.74 Å². The number of carbonyl (C=O) groups is 1. The van der Waals surface area contributed by atoms with E-state index in [0.29, 0.717) is 12.3 Å². The first-order chi connectivity index (χ1) is 11.7. The van der Waals surface area contributed by atoms with Crippen molar-refractivity contribution in [2.45, 2.75) is 45.7 Å². The Kier molecular flexibility index (Phi) is 6.05. The molecule has 0 bridgehead atoms. The zero-order valence-electron chi connectivity index (χ0n) is 14.6. The molecule has 1 aromatic rings. The van der Waals surface area contributed by atoms with Gasteiger partial charge in [0.25, 0.3) is 0 Å². The summed E-state index contributed by atoms with van der Waals surface area (Å²) in [6.07, 6.45) is 8.22. The maximum absolute atomic E-state index is 12.2. The minimum absolute atomic E-state index is 0.123. The van der Waals surface area contributed by atoms with Gasteiger partial charge in [-0.2, -0.15) is 0 Å². The van der Waals surface area contributed by atoms with Crippen LogP contribution in [0.15, 0.2) is 30.4 Å². The summed E-state index contributed by atoms with van der Waals surface area (Å²) in [7, 11) is 0. The molecule has 0 unspecified atom stereocenters. The molecule has 24 heavy (non-hydrogen) atoms. The average molecular weight is 328 g/mol. The summed E-state index contributed by atoms with van der Waals surface area (Å²) in [5.41, 5.74) is 3.64. The van der Waals surface area contributed by atoms with Crippen LogP contribution in [0.25, 0.3) is 0 Å². The normalized spacial score (nSPS) is 19.6. The van der Waals surface area contributed by atoms with Crippen molar-refractivity contribution in [1.29, 1.82) is 0 Å². The third-order valence-corrected chi connectivity index (χ3v) is 4.81. The van der Waals surface area contributed by atoms with Crippen LogP contribution in [0, 0.1) is 5.92 Å². The number of rotatable bonds is 8. The molecule has 2 aliphatic rings. The molecule has 0 radical (unpaired) electrons. The maximum atomic E-state index is 12.2. The van der Waals surface area contributed by atoms with Gasteiger partial charge in [-0.1, -0.05) is 18.2 Å². The molecular formula is C20H28N2O2. The van der Waals surface area contributed by atoms with E-state index in [2.05, 4.69) is 34.5 Å². The third kappa shape index (κ3) is 4.68. The van der Waals surface area contributed by atoms with E-state index in [1.165, 1.54) is 11.1 Å². The lowest BCUT2D eigenvalue weighted by Gasteiger charge is -2.14. The fourth-order valence-electron chi connectivity index (χ4n) is 3.55. The van der Waals surface area contributed by atoms with E-state index in [1.54, 1.807) is 0 Å². The topological polar surface area (TPSA) is 41.6 Å². The Morgan fingerprint density at radius 2 is 2.21 bits per heavy atom. The summed E-state index contributed by atoms with van der Waals surface area (Å²) < 4.78 is 5.41. The molecule has 1 amide bonds. The van der Waals surface area contributed by atoms with E-state index < -0.39 is 0 Å². The summed E-state index contributed by atoms with van der Waals surface area (Å²) in [6, 6.07) is 6.33. The summed E-state index contributed by atoms with van der Waals surface area (Å²) in [5.74, 6) is 0.540. The summed E-state index contributed by atoms with van der Waals surface area (Å²) >= 11 is 0. The highest BCUT2D eigenvalue weighted by Gasteiger charge is 2.19. The van der Waals surface area contributed by atoms with Crippen molar-refractivity contribution in [1.82, 2.24) is 4.90 Å². The lowest BCUT2D eigenvalue weighted by molar-refractivity contribution is -0.116. The monoisotopic (exact) mass is 328 g/mol. The van der Waals surface area contributed by atoms with Gasteiger partial charge in [0, 0.05) is 45.0 Å². The second-order valence-corrected chi connectivity index (χ2v) is 6.76. The average Bonchev–Trinajstić information content (AvgIpc) is 3.20. The first-order valence-electron chi connectivity index (χ1n) is 9.13. The summed E-state index contributed by atoms with van der Waals surface area (Å²) in [6.45, 7) is 6.69. The van der Waals surface area contributed by atoms with Crippen LogP contribution in [-0.2, 0) is 22.6 Å². The molecule has 1 N–H and O–H groups in total. The van der Waals surface area contributed by atoms with Crippen LogP contribution in [0.4, 0.5) is 5.69 Å². The van der Waals surface area contributed by atoms with Crippen molar-refractivity contribution < 1.29 is 9.53 Å². The zero-order valence-corrected chi connectivity index (χ0v) is 14.6. The molecule has 1 aliphatic carbocycles. The highest BCUT2D eigenvalue weighted by Crippen LogP contribution is 2.26. The van der Waals surface area contributed by atoms with Gasteiger partial charge in [0.05, 0.1) is 0 Å². The second kappa shape index (κ2) is 8.45. The van der Waals surface area contributed by atoms with Crippen molar-refractivity contribution >= 4 is 11.6 Å². The van der Waals surface area contributed by atoms with Gasteiger partial charge in [0.1, 0.15) is 0 Å². The number of amides is 1. The van der Waals surface area contributed by atoms with E-state index >= 15 is 0 Å². The van der Waals surface area contributed by atoms with Gasteiger partial charge in [-0.25, -0.2) is 0 Å². The van der Waals surface area contributed by atoms with Gasteiger partial charge in [-0.05, 0) is 55.4 Å². The van der Waals surface area contributed by atoms with Crippen molar-refractivity contribution in [2.75, 3.05) is 25.1 Å². The number of allylic oxidation sites excluding steroid dienone is 2. The van der Waals surface area contributed by atoms with Crippen molar-refractivity contribution in [2.24, 2.45) is 5.92 Å². The van der Waals surface area contributed by atoms with E-state index in [1.807, 2.05) is 13.0 Å². The van der Waals surface area contributed by atoms with Crippen molar-refractivity contribution in [3.8, 4) is 0 Å². The Morgan fingerprint density at radius 1 is 1.33 bits per heavy atom. The highest BCUT2D eigenvalue weighted by atomic mass is 16.5. The van der Waals surface area contributed by atoms with Gasteiger partial charge >= 0.3 is 0 Å². The number of hydrogen-bond acceptors (Lipinski definition) is 3. The van der Waals surface area contributed by atoms with Crippen LogP contribution in [0.5, 0.6) is 0 Å². The fourth-order valence-corrected chi connectivity index (χ4v) is 3.55. The molecular weight excluding hydrogens is 300 g/mol. The van der Waals surface area contributed by atoms with Gasteiger partial charge in [0.15, 0.2) is 0 Å². The van der Waals surface area contributed by atoms with Crippen LogP contribution >= 0.6 is 0 Å². The zero-order chi connectivity index (χ0) is 16.8. The Morgan fingerprint density at radius 3 is 3.00 bits per heavy atom. The molecule has 1 aliphatic heterocycles. The Labute approximate surface area is 144 Å². The van der Waals surface area contributed by atoms with E-state index in [9.17, 15) is 4.79 Å². The molecule has 3 rings (SSSR count).